The van der Waals surface area contributed by atoms with Crippen molar-refractivity contribution in [3.05, 3.63) is 29.0 Å². The number of rotatable bonds is 2. The fourth-order valence-corrected chi connectivity index (χ4v) is 2.08. The highest BCUT2D eigenvalue weighted by molar-refractivity contribution is 7.15. The molecule has 0 aliphatic rings. The Hall–Kier alpha value is -1.42. The molecule has 0 aliphatic carbocycles. The van der Waals surface area contributed by atoms with Crippen LogP contribution in [0.1, 0.15) is 18.3 Å². The van der Waals surface area contributed by atoms with Gasteiger partial charge in [-0.1, -0.05) is 0 Å². The molecular weight excluding hydrogens is 196 g/mol. The number of allylic oxidation sites excluding steroid dienone is 1. The Morgan fingerprint density at radius 3 is 3.14 bits per heavy atom. The Morgan fingerprint density at radius 1 is 1.64 bits per heavy atom. The van der Waals surface area contributed by atoms with Crippen LogP contribution in [0, 0.1) is 6.92 Å². The van der Waals surface area contributed by atoms with Crippen LogP contribution < -0.4 is 0 Å². The second kappa shape index (κ2) is 3.38. The number of aryl methyl sites for hydroxylation is 1. The summed E-state index contributed by atoms with van der Waals surface area (Å²) in [6, 6.07) is 0. The fraction of sp³-hybridized carbons (Fsp3) is 0.200. The standard InChI is InChI=1S/C10H10N2OS/c1-7(13)3-4-9-8(2)11-10-12(9)5-6-14-10/h3-6H,1-2H3. The van der Waals surface area contributed by atoms with E-state index in [4.69, 9.17) is 0 Å². The van der Waals surface area contributed by atoms with Gasteiger partial charge in [0.15, 0.2) is 10.7 Å². The van der Waals surface area contributed by atoms with Gasteiger partial charge in [-0.15, -0.1) is 11.3 Å². The van der Waals surface area contributed by atoms with Crippen LogP contribution in [0.5, 0.6) is 0 Å². The van der Waals surface area contributed by atoms with Crippen LogP contribution in [0.25, 0.3) is 11.0 Å². The first-order chi connectivity index (χ1) is 6.68. The average molecular weight is 206 g/mol. The monoisotopic (exact) mass is 206 g/mol. The summed E-state index contributed by atoms with van der Waals surface area (Å²) in [4.78, 5) is 16.1. The number of aromatic nitrogens is 2. The summed E-state index contributed by atoms with van der Waals surface area (Å²) in [5.41, 5.74) is 1.94. The number of hydrogen-bond donors (Lipinski definition) is 0. The zero-order valence-corrected chi connectivity index (χ0v) is 8.84. The lowest BCUT2D eigenvalue weighted by Crippen LogP contribution is -1.85. The zero-order chi connectivity index (χ0) is 10.1. The Balaban J connectivity index is 2.54. The zero-order valence-electron chi connectivity index (χ0n) is 8.02. The third-order valence-corrected chi connectivity index (χ3v) is 2.72. The summed E-state index contributed by atoms with van der Waals surface area (Å²) in [5, 5.41) is 1.98. The van der Waals surface area contributed by atoms with Gasteiger partial charge in [0.05, 0.1) is 11.4 Å². The lowest BCUT2D eigenvalue weighted by Gasteiger charge is -1.90. The van der Waals surface area contributed by atoms with Gasteiger partial charge in [-0.2, -0.15) is 0 Å². The molecule has 0 bridgehead atoms. The summed E-state index contributed by atoms with van der Waals surface area (Å²) < 4.78 is 1.99. The van der Waals surface area contributed by atoms with Crippen molar-refractivity contribution >= 4 is 28.2 Å². The van der Waals surface area contributed by atoms with Crippen LogP contribution in [0.2, 0.25) is 0 Å². The van der Waals surface area contributed by atoms with Gasteiger partial charge in [0.25, 0.3) is 0 Å². The van der Waals surface area contributed by atoms with Crippen molar-refractivity contribution in [1.82, 2.24) is 9.38 Å². The number of hydrogen-bond acceptors (Lipinski definition) is 3. The molecule has 0 spiro atoms. The van der Waals surface area contributed by atoms with Gasteiger partial charge < -0.3 is 0 Å². The first-order valence-electron chi connectivity index (χ1n) is 4.29. The van der Waals surface area contributed by atoms with E-state index in [1.54, 1.807) is 17.4 Å². The molecule has 2 aromatic rings. The molecule has 0 saturated carbocycles. The van der Waals surface area contributed by atoms with Crippen LogP contribution >= 0.6 is 11.3 Å². The number of nitrogens with zero attached hydrogens (tertiary/aromatic N) is 2. The topological polar surface area (TPSA) is 34.4 Å². The molecule has 2 aromatic heterocycles. The van der Waals surface area contributed by atoms with E-state index < -0.39 is 0 Å². The van der Waals surface area contributed by atoms with E-state index >= 15 is 0 Å². The summed E-state index contributed by atoms with van der Waals surface area (Å²) in [7, 11) is 0. The molecule has 0 aromatic carbocycles. The van der Waals surface area contributed by atoms with E-state index in [1.165, 1.54) is 6.92 Å². The molecule has 0 aliphatic heterocycles. The molecule has 4 heteroatoms. The number of carbonyl (C=O) groups excluding carboxylic acids is 1. The molecule has 72 valence electrons. The highest BCUT2D eigenvalue weighted by atomic mass is 32.1. The normalized spacial score (nSPS) is 11.6. The first-order valence-corrected chi connectivity index (χ1v) is 5.17. The Morgan fingerprint density at radius 2 is 2.43 bits per heavy atom. The third-order valence-electron chi connectivity index (χ3n) is 1.96. The minimum atomic E-state index is 0.0505. The number of thiazole rings is 1. The average Bonchev–Trinajstić information content (AvgIpc) is 2.61. The van der Waals surface area contributed by atoms with Crippen molar-refractivity contribution in [2.45, 2.75) is 13.8 Å². The molecule has 0 saturated heterocycles. The van der Waals surface area contributed by atoms with E-state index in [-0.39, 0.29) is 5.78 Å². The van der Waals surface area contributed by atoms with Gasteiger partial charge in [-0.05, 0) is 26.0 Å². The van der Waals surface area contributed by atoms with Gasteiger partial charge in [0.2, 0.25) is 0 Å². The van der Waals surface area contributed by atoms with Gasteiger partial charge in [0.1, 0.15) is 0 Å². The lowest BCUT2D eigenvalue weighted by molar-refractivity contribution is -0.112. The van der Waals surface area contributed by atoms with E-state index in [1.807, 2.05) is 29.0 Å². The van der Waals surface area contributed by atoms with Gasteiger partial charge >= 0.3 is 0 Å². The molecule has 2 heterocycles. The van der Waals surface area contributed by atoms with Crippen molar-refractivity contribution in [3.63, 3.8) is 0 Å². The van der Waals surface area contributed by atoms with Crippen LogP contribution in [-0.4, -0.2) is 15.2 Å². The first kappa shape index (κ1) is 9.15. The molecule has 0 fully saturated rings. The highest BCUT2D eigenvalue weighted by Crippen LogP contribution is 2.17. The summed E-state index contributed by atoms with van der Waals surface area (Å²) in [6.07, 6.45) is 5.33. The maximum Gasteiger partial charge on any atom is 0.194 e. The summed E-state index contributed by atoms with van der Waals surface area (Å²) in [5.74, 6) is 0.0505. The molecule has 2 rings (SSSR count). The summed E-state index contributed by atoms with van der Waals surface area (Å²) in [6.45, 7) is 3.48. The van der Waals surface area contributed by atoms with Crippen molar-refractivity contribution in [3.8, 4) is 0 Å². The lowest BCUT2D eigenvalue weighted by atomic mass is 10.3. The number of ketones is 1. The molecule has 0 amide bonds. The Labute approximate surface area is 85.7 Å². The highest BCUT2D eigenvalue weighted by Gasteiger charge is 2.05. The Bertz CT molecular complexity index is 507. The number of fused-ring (bicyclic) bond motifs is 1. The Kier molecular flexibility index (Phi) is 2.21. The molecule has 0 atom stereocenters. The van der Waals surface area contributed by atoms with Crippen molar-refractivity contribution in [1.29, 1.82) is 0 Å². The second-order valence-corrected chi connectivity index (χ2v) is 3.96. The van der Waals surface area contributed by atoms with Crippen LogP contribution in [-0.2, 0) is 4.79 Å². The van der Waals surface area contributed by atoms with Crippen LogP contribution in [0.4, 0.5) is 0 Å². The van der Waals surface area contributed by atoms with E-state index in [0.717, 1.165) is 16.3 Å². The molecular formula is C10H10N2OS. The van der Waals surface area contributed by atoms with Crippen molar-refractivity contribution in [2.24, 2.45) is 0 Å². The predicted molar refractivity (Wildman–Crippen MR) is 57.5 cm³/mol. The third kappa shape index (κ3) is 1.48. The number of carbonyl (C=O) groups is 1. The maximum absolute atomic E-state index is 10.8. The number of imidazole rings is 1. The van der Waals surface area contributed by atoms with E-state index in [9.17, 15) is 4.79 Å². The van der Waals surface area contributed by atoms with Gasteiger partial charge in [-0.3, -0.25) is 9.20 Å². The van der Waals surface area contributed by atoms with E-state index in [0.29, 0.717) is 0 Å². The van der Waals surface area contributed by atoms with E-state index in [2.05, 4.69) is 4.98 Å². The second-order valence-electron chi connectivity index (χ2n) is 3.08. The largest absolute Gasteiger partial charge is 0.295 e. The quantitative estimate of drug-likeness (QED) is 0.707. The maximum atomic E-state index is 10.8. The minimum absolute atomic E-state index is 0.0505. The molecule has 14 heavy (non-hydrogen) atoms. The van der Waals surface area contributed by atoms with Crippen LogP contribution in [0.3, 0.4) is 0 Å². The molecule has 0 N–H and O–H groups in total. The smallest absolute Gasteiger partial charge is 0.194 e. The minimum Gasteiger partial charge on any atom is -0.295 e. The van der Waals surface area contributed by atoms with Gasteiger partial charge in [-0.25, -0.2) is 4.98 Å². The molecule has 0 radical (unpaired) electrons. The van der Waals surface area contributed by atoms with Crippen molar-refractivity contribution < 1.29 is 4.79 Å². The SMILES string of the molecule is CC(=O)C=Cc1c(C)nc2sccn12. The fourth-order valence-electron chi connectivity index (χ4n) is 1.31. The van der Waals surface area contributed by atoms with Crippen LogP contribution in [0.15, 0.2) is 17.7 Å². The van der Waals surface area contributed by atoms with Crippen molar-refractivity contribution in [2.75, 3.05) is 0 Å². The summed E-state index contributed by atoms with van der Waals surface area (Å²) >= 11 is 1.59. The van der Waals surface area contributed by atoms with Gasteiger partial charge in [0, 0.05) is 11.6 Å². The molecule has 3 nitrogen and oxygen atoms in total. The predicted octanol–water partition coefficient (Wildman–Crippen LogP) is 2.31. The molecule has 0 unspecified atom stereocenters.